The van der Waals surface area contributed by atoms with Crippen LogP contribution < -0.4 is 16.2 Å². The van der Waals surface area contributed by atoms with Crippen LogP contribution in [0.5, 0.6) is 0 Å². The predicted octanol–water partition coefficient (Wildman–Crippen LogP) is 3.14. The maximum absolute atomic E-state index is 11.9. The molecule has 1 heterocycles. The van der Waals surface area contributed by atoms with Gasteiger partial charge in [-0.15, -0.1) is 10.2 Å². The van der Waals surface area contributed by atoms with Crippen LogP contribution in [0.2, 0.25) is 0 Å². The predicted molar refractivity (Wildman–Crippen MR) is 107 cm³/mol. The molecule has 3 rings (SSSR count). The first-order chi connectivity index (χ1) is 13.1. The number of para-hydroxylation sites is 1. The molecular weight excluding hydrogens is 382 g/mol. The highest BCUT2D eigenvalue weighted by molar-refractivity contribution is 8.01. The van der Waals surface area contributed by atoms with Crippen molar-refractivity contribution in [1.29, 1.82) is 0 Å². The molecule has 2 amide bonds. The number of aromatic nitrogens is 2. The van der Waals surface area contributed by atoms with Crippen LogP contribution in [0.15, 0.2) is 58.9 Å². The van der Waals surface area contributed by atoms with Crippen molar-refractivity contribution in [2.24, 2.45) is 0 Å². The van der Waals surface area contributed by atoms with E-state index in [2.05, 4.69) is 26.4 Å². The molecule has 0 spiro atoms. The fourth-order valence-corrected chi connectivity index (χ4v) is 3.66. The first kappa shape index (κ1) is 18.9. The summed E-state index contributed by atoms with van der Waals surface area (Å²) in [6.45, 7) is 2.01. The van der Waals surface area contributed by atoms with E-state index < -0.39 is 0 Å². The molecule has 0 saturated carbocycles. The van der Waals surface area contributed by atoms with Crippen LogP contribution in [0.1, 0.15) is 15.9 Å². The topological polar surface area (TPSA) is 96.0 Å². The van der Waals surface area contributed by atoms with Gasteiger partial charge in [0.1, 0.15) is 0 Å². The van der Waals surface area contributed by atoms with Gasteiger partial charge in [0.2, 0.25) is 11.0 Å². The zero-order chi connectivity index (χ0) is 19.1. The summed E-state index contributed by atoms with van der Waals surface area (Å²) in [6, 6.07) is 16.5. The number of amides is 2. The second kappa shape index (κ2) is 9.15. The summed E-state index contributed by atoms with van der Waals surface area (Å²) in [7, 11) is 0. The van der Waals surface area contributed by atoms with E-state index in [0.29, 0.717) is 15.0 Å². The summed E-state index contributed by atoms with van der Waals surface area (Å²) in [6.07, 6.45) is 0. The lowest BCUT2D eigenvalue weighted by molar-refractivity contribution is -0.119. The number of carbonyl (C=O) groups excluding carboxylic acids is 2. The molecule has 0 fully saturated rings. The molecule has 0 saturated heterocycles. The van der Waals surface area contributed by atoms with Gasteiger partial charge >= 0.3 is 0 Å². The van der Waals surface area contributed by atoms with Crippen LogP contribution in [-0.2, 0) is 4.79 Å². The van der Waals surface area contributed by atoms with E-state index in [1.807, 2.05) is 37.3 Å². The van der Waals surface area contributed by atoms with Gasteiger partial charge in [-0.25, -0.2) is 0 Å². The smallest absolute Gasteiger partial charge is 0.269 e. The maximum atomic E-state index is 11.9. The van der Waals surface area contributed by atoms with Crippen molar-refractivity contribution in [2.45, 2.75) is 11.3 Å². The van der Waals surface area contributed by atoms with Crippen LogP contribution in [0.3, 0.4) is 0 Å². The van der Waals surface area contributed by atoms with Crippen LogP contribution >= 0.6 is 23.1 Å². The quantitative estimate of drug-likeness (QED) is 0.435. The number of anilines is 2. The summed E-state index contributed by atoms with van der Waals surface area (Å²) in [5.74, 6) is -0.573. The van der Waals surface area contributed by atoms with Crippen molar-refractivity contribution >= 4 is 45.7 Å². The number of hydrazine groups is 1. The van der Waals surface area contributed by atoms with Crippen LogP contribution in [-0.4, -0.2) is 27.8 Å². The van der Waals surface area contributed by atoms with Gasteiger partial charge in [0.15, 0.2) is 4.34 Å². The zero-order valence-electron chi connectivity index (χ0n) is 14.4. The third kappa shape index (κ3) is 5.53. The average molecular weight is 400 g/mol. The summed E-state index contributed by atoms with van der Waals surface area (Å²) in [5.41, 5.74) is 7.31. The highest BCUT2D eigenvalue weighted by Gasteiger charge is 2.10. The summed E-state index contributed by atoms with van der Waals surface area (Å²) in [4.78, 5) is 23.8. The Hall–Kier alpha value is -2.91. The third-order valence-electron chi connectivity index (χ3n) is 3.47. The van der Waals surface area contributed by atoms with Gasteiger partial charge < -0.3 is 5.32 Å². The number of nitrogens with zero attached hydrogens (tertiary/aromatic N) is 2. The Labute approximate surface area is 164 Å². The molecule has 0 aliphatic carbocycles. The van der Waals surface area contributed by atoms with E-state index in [-0.39, 0.29) is 17.6 Å². The Balaban J connectivity index is 1.45. The van der Waals surface area contributed by atoms with Gasteiger partial charge in [-0.2, -0.15) is 0 Å². The van der Waals surface area contributed by atoms with Gasteiger partial charge in [-0.1, -0.05) is 59.5 Å². The normalized spacial score (nSPS) is 10.3. The van der Waals surface area contributed by atoms with Crippen molar-refractivity contribution in [2.75, 3.05) is 11.1 Å². The Kier molecular flexibility index (Phi) is 6.39. The Bertz CT molecular complexity index is 930. The minimum atomic E-state index is -0.366. The van der Waals surface area contributed by atoms with E-state index in [1.54, 1.807) is 24.3 Å². The first-order valence-corrected chi connectivity index (χ1v) is 9.85. The fourth-order valence-electron chi connectivity index (χ4n) is 2.10. The van der Waals surface area contributed by atoms with Crippen molar-refractivity contribution in [1.82, 2.24) is 21.0 Å². The number of benzene rings is 2. The van der Waals surface area contributed by atoms with Crippen LogP contribution in [0, 0.1) is 6.92 Å². The lowest BCUT2D eigenvalue weighted by Gasteiger charge is -2.06. The number of hydrogen-bond donors (Lipinski definition) is 3. The highest BCUT2D eigenvalue weighted by Crippen LogP contribution is 2.28. The summed E-state index contributed by atoms with van der Waals surface area (Å²) >= 11 is 2.62. The van der Waals surface area contributed by atoms with E-state index in [1.165, 1.54) is 23.1 Å². The minimum Gasteiger partial charge on any atom is -0.330 e. The van der Waals surface area contributed by atoms with Gasteiger partial charge in [0.05, 0.1) is 5.75 Å². The lowest BCUT2D eigenvalue weighted by atomic mass is 10.2. The van der Waals surface area contributed by atoms with Gasteiger partial charge in [0.25, 0.3) is 5.91 Å². The largest absolute Gasteiger partial charge is 0.330 e. The SMILES string of the molecule is Cc1ccccc1Nc1nnc(SCC(=O)NNC(=O)c2ccccc2)s1. The molecule has 138 valence electrons. The second-order valence-electron chi connectivity index (χ2n) is 5.47. The fraction of sp³-hybridized carbons (Fsp3) is 0.111. The van der Waals surface area contributed by atoms with Crippen molar-refractivity contribution < 1.29 is 9.59 Å². The van der Waals surface area contributed by atoms with Gasteiger partial charge in [0, 0.05) is 11.3 Å². The van der Waals surface area contributed by atoms with Gasteiger partial charge in [-0.3, -0.25) is 20.4 Å². The van der Waals surface area contributed by atoms with E-state index >= 15 is 0 Å². The molecule has 0 atom stereocenters. The number of aryl methyl sites for hydroxylation is 1. The molecule has 0 unspecified atom stereocenters. The van der Waals surface area contributed by atoms with Crippen LogP contribution in [0.25, 0.3) is 0 Å². The molecule has 27 heavy (non-hydrogen) atoms. The van der Waals surface area contributed by atoms with Crippen molar-refractivity contribution in [3.8, 4) is 0 Å². The molecule has 9 heteroatoms. The Morgan fingerprint density at radius 1 is 1.00 bits per heavy atom. The lowest BCUT2D eigenvalue weighted by Crippen LogP contribution is -2.42. The number of thioether (sulfide) groups is 1. The molecule has 2 aromatic carbocycles. The molecule has 1 aromatic heterocycles. The molecular formula is C18H17N5O2S2. The average Bonchev–Trinajstić information content (AvgIpc) is 3.14. The molecule has 3 aromatic rings. The Morgan fingerprint density at radius 2 is 1.74 bits per heavy atom. The first-order valence-electron chi connectivity index (χ1n) is 8.05. The van der Waals surface area contributed by atoms with Crippen molar-refractivity contribution in [3.05, 3.63) is 65.7 Å². The van der Waals surface area contributed by atoms with E-state index in [9.17, 15) is 9.59 Å². The summed E-state index contributed by atoms with van der Waals surface area (Å²) < 4.78 is 0.663. The minimum absolute atomic E-state index is 0.119. The van der Waals surface area contributed by atoms with E-state index in [4.69, 9.17) is 0 Å². The summed E-state index contributed by atoms with van der Waals surface area (Å²) in [5, 5.41) is 12.0. The number of nitrogens with one attached hydrogen (secondary N) is 3. The molecule has 0 aliphatic rings. The molecule has 0 aliphatic heterocycles. The Morgan fingerprint density at radius 3 is 2.52 bits per heavy atom. The number of carbonyl (C=O) groups is 2. The van der Waals surface area contributed by atoms with Crippen LogP contribution in [0.4, 0.5) is 10.8 Å². The number of rotatable bonds is 6. The third-order valence-corrected chi connectivity index (χ3v) is 5.44. The van der Waals surface area contributed by atoms with Crippen molar-refractivity contribution in [3.63, 3.8) is 0 Å². The second-order valence-corrected chi connectivity index (χ2v) is 7.67. The van der Waals surface area contributed by atoms with E-state index in [0.717, 1.165) is 11.3 Å². The van der Waals surface area contributed by atoms with Gasteiger partial charge in [-0.05, 0) is 30.7 Å². The molecule has 3 N–H and O–H groups in total. The molecule has 0 radical (unpaired) electrons. The zero-order valence-corrected chi connectivity index (χ0v) is 16.1. The highest BCUT2D eigenvalue weighted by atomic mass is 32.2. The number of hydrogen-bond acceptors (Lipinski definition) is 7. The molecule has 7 nitrogen and oxygen atoms in total. The standard InChI is InChI=1S/C18H17N5O2S2/c1-12-7-5-6-10-14(12)19-17-22-23-18(27-17)26-11-15(24)20-21-16(25)13-8-3-2-4-9-13/h2-10H,11H2,1H3,(H,19,22)(H,20,24)(H,21,25). The maximum Gasteiger partial charge on any atom is 0.269 e. The molecule has 0 bridgehead atoms. The monoisotopic (exact) mass is 399 g/mol.